The van der Waals surface area contributed by atoms with Crippen LogP contribution in [-0.4, -0.2) is 34.3 Å². The maximum atomic E-state index is 11.4. The maximum absolute atomic E-state index is 11.4. The van der Waals surface area contributed by atoms with E-state index in [1.807, 2.05) is 6.92 Å². The van der Waals surface area contributed by atoms with E-state index in [9.17, 15) is 9.59 Å². The van der Waals surface area contributed by atoms with Gasteiger partial charge in [0.15, 0.2) is 0 Å². The number of H-pyrrole nitrogens is 1. The quantitative estimate of drug-likeness (QED) is 0.694. The topological polar surface area (TPSA) is 88.0 Å². The van der Waals surface area contributed by atoms with Crippen molar-refractivity contribution in [2.45, 2.75) is 12.2 Å². The van der Waals surface area contributed by atoms with Gasteiger partial charge in [0.1, 0.15) is 5.69 Å². The van der Waals surface area contributed by atoms with Crippen molar-refractivity contribution in [1.82, 2.24) is 10.3 Å². The van der Waals surface area contributed by atoms with Gasteiger partial charge in [0, 0.05) is 18.0 Å². The number of aromatic nitrogens is 1. The first kappa shape index (κ1) is 12.8. The molecule has 1 unspecified atom stereocenters. The van der Waals surface area contributed by atoms with Gasteiger partial charge in [0.05, 0.1) is 5.75 Å². The summed E-state index contributed by atoms with van der Waals surface area (Å²) in [5, 5.41) is 2.51. The summed E-state index contributed by atoms with van der Waals surface area (Å²) in [5.41, 5.74) is 5.79. The Bertz CT molecular complexity index is 351. The molecule has 88 valence electrons. The highest BCUT2D eigenvalue weighted by Gasteiger charge is 2.11. The third-order valence-electron chi connectivity index (χ3n) is 1.93. The summed E-state index contributed by atoms with van der Waals surface area (Å²) >= 11 is 1.42. The monoisotopic (exact) mass is 241 g/mol. The Morgan fingerprint density at radius 1 is 1.62 bits per heavy atom. The molecule has 0 aromatic carbocycles. The molecule has 5 nitrogen and oxygen atoms in total. The van der Waals surface area contributed by atoms with Gasteiger partial charge >= 0.3 is 0 Å². The zero-order valence-electron chi connectivity index (χ0n) is 9.03. The lowest BCUT2D eigenvalue weighted by Crippen LogP contribution is -2.32. The molecule has 0 bridgehead atoms. The second-order valence-electron chi connectivity index (χ2n) is 3.32. The highest BCUT2D eigenvalue weighted by Crippen LogP contribution is 2.07. The van der Waals surface area contributed by atoms with Crippen molar-refractivity contribution in [3.05, 3.63) is 24.0 Å². The van der Waals surface area contributed by atoms with E-state index in [-0.39, 0.29) is 16.9 Å². The number of carbonyl (C=O) groups excluding carboxylic acids is 2. The molecule has 0 saturated heterocycles. The Hall–Kier alpha value is -1.27. The minimum absolute atomic E-state index is 0.214. The van der Waals surface area contributed by atoms with E-state index >= 15 is 0 Å². The van der Waals surface area contributed by atoms with Crippen molar-refractivity contribution in [2.75, 3.05) is 12.3 Å². The fourth-order valence-electron chi connectivity index (χ4n) is 0.988. The summed E-state index contributed by atoms with van der Waals surface area (Å²) in [7, 11) is 0. The summed E-state index contributed by atoms with van der Waals surface area (Å²) in [4.78, 5) is 25.5. The van der Waals surface area contributed by atoms with Crippen LogP contribution >= 0.6 is 11.8 Å². The van der Waals surface area contributed by atoms with Crippen LogP contribution in [-0.2, 0) is 4.79 Å². The van der Waals surface area contributed by atoms with E-state index in [1.165, 1.54) is 11.8 Å². The molecule has 2 amide bonds. The molecule has 6 heteroatoms. The number of imide groups is 1. The number of hydrogen-bond acceptors (Lipinski definition) is 4. The van der Waals surface area contributed by atoms with Crippen LogP contribution in [0.5, 0.6) is 0 Å². The number of nitrogens with two attached hydrogens (primary N) is 1. The fraction of sp³-hybridized carbons (Fsp3) is 0.400. The number of hydrogen-bond donors (Lipinski definition) is 3. The molecule has 0 aliphatic carbocycles. The molecule has 1 aromatic rings. The lowest BCUT2D eigenvalue weighted by Gasteiger charge is -2.07. The summed E-state index contributed by atoms with van der Waals surface area (Å²) in [5.74, 6) is -0.467. The average molecular weight is 241 g/mol. The summed E-state index contributed by atoms with van der Waals surface area (Å²) in [6, 6.07) is 3.31. The second-order valence-corrected chi connectivity index (χ2v) is 4.75. The van der Waals surface area contributed by atoms with Gasteiger partial charge in [-0.2, -0.15) is 0 Å². The van der Waals surface area contributed by atoms with Gasteiger partial charge in [0.2, 0.25) is 5.91 Å². The van der Waals surface area contributed by atoms with Crippen molar-refractivity contribution in [3.8, 4) is 0 Å². The SMILES string of the molecule is CC(CN)SCC(=O)NC(=O)c1ccc[nH]1. The molecule has 1 rings (SSSR count). The first-order valence-corrected chi connectivity index (χ1v) is 5.97. The fourth-order valence-corrected chi connectivity index (χ4v) is 1.63. The minimum atomic E-state index is -0.406. The third-order valence-corrected chi connectivity index (χ3v) is 3.12. The van der Waals surface area contributed by atoms with Gasteiger partial charge in [-0.1, -0.05) is 6.92 Å². The lowest BCUT2D eigenvalue weighted by molar-refractivity contribution is -0.117. The van der Waals surface area contributed by atoms with Crippen LogP contribution in [0.2, 0.25) is 0 Å². The van der Waals surface area contributed by atoms with Crippen molar-refractivity contribution in [2.24, 2.45) is 5.73 Å². The van der Waals surface area contributed by atoms with E-state index in [0.717, 1.165) is 0 Å². The van der Waals surface area contributed by atoms with E-state index in [0.29, 0.717) is 12.2 Å². The first-order chi connectivity index (χ1) is 7.63. The molecule has 16 heavy (non-hydrogen) atoms. The van der Waals surface area contributed by atoms with Crippen LogP contribution < -0.4 is 11.1 Å². The Morgan fingerprint density at radius 2 is 2.38 bits per heavy atom. The molecule has 0 spiro atoms. The number of thioether (sulfide) groups is 1. The molecule has 0 aliphatic heterocycles. The Kier molecular flexibility index (Phi) is 5.07. The third kappa shape index (κ3) is 4.08. The zero-order valence-corrected chi connectivity index (χ0v) is 9.84. The largest absolute Gasteiger partial charge is 0.357 e. The second kappa shape index (κ2) is 6.34. The smallest absolute Gasteiger partial charge is 0.274 e. The predicted molar refractivity (Wildman–Crippen MR) is 64.2 cm³/mol. The highest BCUT2D eigenvalue weighted by molar-refractivity contribution is 8.00. The molecule has 1 atom stereocenters. The number of nitrogens with one attached hydrogen (secondary N) is 2. The van der Waals surface area contributed by atoms with Crippen LogP contribution in [0.1, 0.15) is 17.4 Å². The van der Waals surface area contributed by atoms with Crippen molar-refractivity contribution >= 4 is 23.6 Å². The summed E-state index contributed by atoms with van der Waals surface area (Å²) < 4.78 is 0. The molecule has 0 aliphatic rings. The van der Waals surface area contributed by atoms with Gasteiger partial charge in [-0.25, -0.2) is 0 Å². The standard InChI is InChI=1S/C10H15N3O2S/c1-7(5-11)16-6-9(14)13-10(15)8-3-2-4-12-8/h2-4,7,12H,5-6,11H2,1H3,(H,13,14,15). The van der Waals surface area contributed by atoms with Gasteiger partial charge in [-0.05, 0) is 12.1 Å². The summed E-state index contributed by atoms with van der Waals surface area (Å²) in [6.07, 6.45) is 1.63. The number of aromatic amines is 1. The molecule has 4 N–H and O–H groups in total. The number of rotatable bonds is 5. The molecule has 0 radical (unpaired) electrons. The van der Waals surface area contributed by atoms with Gasteiger partial charge < -0.3 is 10.7 Å². The van der Waals surface area contributed by atoms with Crippen LogP contribution in [0.4, 0.5) is 0 Å². The van der Waals surface area contributed by atoms with Crippen molar-refractivity contribution in [1.29, 1.82) is 0 Å². The maximum Gasteiger partial charge on any atom is 0.274 e. The van der Waals surface area contributed by atoms with E-state index in [4.69, 9.17) is 5.73 Å². The average Bonchev–Trinajstić information content (AvgIpc) is 2.79. The lowest BCUT2D eigenvalue weighted by atomic mass is 10.4. The molecule has 1 aromatic heterocycles. The molecule has 1 heterocycles. The van der Waals surface area contributed by atoms with E-state index < -0.39 is 5.91 Å². The van der Waals surface area contributed by atoms with Crippen LogP contribution in [0.15, 0.2) is 18.3 Å². The Balaban J connectivity index is 2.32. The van der Waals surface area contributed by atoms with E-state index in [1.54, 1.807) is 18.3 Å². The van der Waals surface area contributed by atoms with Crippen LogP contribution in [0, 0.1) is 0 Å². The Morgan fingerprint density at radius 3 is 2.94 bits per heavy atom. The Labute approximate surface area is 98.2 Å². The predicted octanol–water partition coefficient (Wildman–Crippen LogP) is 0.351. The number of carbonyl (C=O) groups is 2. The van der Waals surface area contributed by atoms with Gasteiger partial charge in [-0.15, -0.1) is 11.8 Å². The van der Waals surface area contributed by atoms with Crippen molar-refractivity contribution in [3.63, 3.8) is 0 Å². The van der Waals surface area contributed by atoms with Crippen LogP contribution in [0.25, 0.3) is 0 Å². The zero-order chi connectivity index (χ0) is 12.0. The molecular formula is C10H15N3O2S. The van der Waals surface area contributed by atoms with Crippen LogP contribution in [0.3, 0.4) is 0 Å². The summed E-state index contributed by atoms with van der Waals surface area (Å²) in [6.45, 7) is 2.45. The molecular weight excluding hydrogens is 226 g/mol. The van der Waals surface area contributed by atoms with Crippen molar-refractivity contribution < 1.29 is 9.59 Å². The first-order valence-electron chi connectivity index (χ1n) is 4.92. The number of amides is 2. The highest BCUT2D eigenvalue weighted by atomic mass is 32.2. The minimum Gasteiger partial charge on any atom is -0.357 e. The normalized spacial score (nSPS) is 12.1. The molecule has 0 fully saturated rings. The van der Waals surface area contributed by atoms with Gasteiger partial charge in [0.25, 0.3) is 5.91 Å². The van der Waals surface area contributed by atoms with E-state index in [2.05, 4.69) is 10.3 Å². The van der Waals surface area contributed by atoms with Gasteiger partial charge in [-0.3, -0.25) is 14.9 Å². The molecule has 0 saturated carbocycles.